The van der Waals surface area contributed by atoms with Crippen molar-refractivity contribution in [2.75, 3.05) is 5.32 Å². The van der Waals surface area contributed by atoms with Gasteiger partial charge < -0.3 is 10.3 Å². The molecule has 0 saturated carbocycles. The van der Waals surface area contributed by atoms with Crippen LogP contribution < -0.4 is 5.32 Å². The van der Waals surface area contributed by atoms with E-state index in [1.165, 1.54) is 0 Å². The summed E-state index contributed by atoms with van der Waals surface area (Å²) in [7, 11) is 0. The first-order chi connectivity index (χ1) is 12.1. The molecule has 0 radical (unpaired) electrons. The highest BCUT2D eigenvalue weighted by atomic mass is 16.1. The average Bonchev–Trinajstić information content (AvgIpc) is 3.19. The highest BCUT2D eigenvalue weighted by Crippen LogP contribution is 2.18. The number of aromatic nitrogens is 6. The molecule has 3 N–H and O–H groups in total. The van der Waals surface area contributed by atoms with Crippen molar-refractivity contribution in [3.05, 3.63) is 53.7 Å². The third-order valence-electron chi connectivity index (χ3n) is 3.72. The Morgan fingerprint density at radius 2 is 2.04 bits per heavy atom. The van der Waals surface area contributed by atoms with Crippen LogP contribution in [0.4, 0.5) is 5.82 Å². The maximum absolute atomic E-state index is 12.5. The highest BCUT2D eigenvalue weighted by molar-refractivity contribution is 6.05. The number of nitrogens with zero attached hydrogens (tertiary/aromatic N) is 4. The summed E-state index contributed by atoms with van der Waals surface area (Å²) in [5.74, 6) is 1.42. The Balaban J connectivity index is 1.59. The first-order valence-electron chi connectivity index (χ1n) is 7.70. The molecule has 0 atom stereocenters. The van der Waals surface area contributed by atoms with Crippen LogP contribution >= 0.6 is 0 Å². The monoisotopic (exact) mass is 333 g/mol. The third kappa shape index (κ3) is 2.97. The number of amides is 1. The van der Waals surface area contributed by atoms with Crippen molar-refractivity contribution in [3.63, 3.8) is 0 Å². The highest BCUT2D eigenvalue weighted by Gasteiger charge is 2.11. The van der Waals surface area contributed by atoms with Crippen LogP contribution in [0, 0.1) is 13.8 Å². The number of rotatable bonds is 3. The molecule has 1 amide bonds. The van der Waals surface area contributed by atoms with Crippen molar-refractivity contribution in [2.45, 2.75) is 13.8 Å². The van der Waals surface area contributed by atoms with Crippen LogP contribution in [0.3, 0.4) is 0 Å². The Labute approximate surface area is 142 Å². The van der Waals surface area contributed by atoms with Gasteiger partial charge in [0.05, 0.1) is 16.6 Å². The van der Waals surface area contributed by atoms with E-state index in [0.717, 1.165) is 28.1 Å². The molecular formula is C17H15N7O. The number of fused-ring (bicyclic) bond motifs is 1. The fourth-order valence-electron chi connectivity index (χ4n) is 2.57. The van der Waals surface area contributed by atoms with E-state index in [1.54, 1.807) is 30.6 Å². The van der Waals surface area contributed by atoms with Gasteiger partial charge in [-0.2, -0.15) is 5.10 Å². The molecule has 0 unspecified atom stereocenters. The van der Waals surface area contributed by atoms with Crippen molar-refractivity contribution in [3.8, 4) is 11.4 Å². The fourth-order valence-corrected chi connectivity index (χ4v) is 2.57. The summed E-state index contributed by atoms with van der Waals surface area (Å²) in [5, 5.41) is 9.68. The lowest BCUT2D eigenvalue weighted by Gasteiger charge is -2.05. The summed E-state index contributed by atoms with van der Waals surface area (Å²) >= 11 is 0. The number of pyridine rings is 2. The Morgan fingerprint density at radius 1 is 1.16 bits per heavy atom. The van der Waals surface area contributed by atoms with E-state index in [4.69, 9.17) is 0 Å². The van der Waals surface area contributed by atoms with Crippen LogP contribution in [0.2, 0.25) is 0 Å². The van der Waals surface area contributed by atoms with Gasteiger partial charge in [0.15, 0.2) is 5.82 Å². The minimum atomic E-state index is -0.280. The zero-order valence-corrected chi connectivity index (χ0v) is 13.7. The molecule has 0 saturated heterocycles. The molecule has 0 fully saturated rings. The topological polar surface area (TPSA) is 112 Å². The SMILES string of the molecule is Cc1cc2ncc(C(=O)Nc3cc(-c4n[nH]c(C)n4)ccn3)cc2[nH]1. The zero-order valence-electron chi connectivity index (χ0n) is 13.7. The number of hydrogen-bond donors (Lipinski definition) is 3. The number of carbonyl (C=O) groups excluding carboxylic acids is 1. The Hall–Kier alpha value is -3.55. The van der Waals surface area contributed by atoms with Gasteiger partial charge in [-0.15, -0.1) is 0 Å². The molecule has 0 aliphatic carbocycles. The molecule has 0 aliphatic heterocycles. The molecule has 0 spiro atoms. The van der Waals surface area contributed by atoms with E-state index < -0.39 is 0 Å². The van der Waals surface area contributed by atoms with Gasteiger partial charge in [0.1, 0.15) is 11.6 Å². The van der Waals surface area contributed by atoms with Crippen LogP contribution in [0.25, 0.3) is 22.4 Å². The van der Waals surface area contributed by atoms with E-state index in [9.17, 15) is 4.79 Å². The quantitative estimate of drug-likeness (QED) is 0.533. The molecule has 0 bridgehead atoms. The van der Waals surface area contributed by atoms with Gasteiger partial charge >= 0.3 is 0 Å². The van der Waals surface area contributed by atoms with Gasteiger partial charge in [-0.1, -0.05) is 0 Å². The summed E-state index contributed by atoms with van der Waals surface area (Å²) in [6.07, 6.45) is 3.15. The Bertz CT molecular complexity index is 1080. The zero-order chi connectivity index (χ0) is 17.4. The van der Waals surface area contributed by atoms with Gasteiger partial charge in [-0.25, -0.2) is 9.97 Å². The summed E-state index contributed by atoms with van der Waals surface area (Å²) in [5.41, 5.74) is 3.87. The lowest BCUT2D eigenvalue weighted by atomic mass is 10.2. The Morgan fingerprint density at radius 3 is 2.84 bits per heavy atom. The van der Waals surface area contributed by atoms with Gasteiger partial charge in [0.2, 0.25) is 0 Å². The van der Waals surface area contributed by atoms with Crippen molar-refractivity contribution >= 4 is 22.8 Å². The summed E-state index contributed by atoms with van der Waals surface area (Å²) < 4.78 is 0. The van der Waals surface area contributed by atoms with E-state index in [1.807, 2.05) is 19.9 Å². The minimum absolute atomic E-state index is 0.280. The van der Waals surface area contributed by atoms with E-state index in [-0.39, 0.29) is 5.91 Å². The van der Waals surface area contributed by atoms with E-state index in [0.29, 0.717) is 17.2 Å². The normalized spacial score (nSPS) is 11.0. The van der Waals surface area contributed by atoms with Crippen molar-refractivity contribution < 1.29 is 4.79 Å². The van der Waals surface area contributed by atoms with Crippen molar-refractivity contribution in [1.82, 2.24) is 30.1 Å². The second-order valence-electron chi connectivity index (χ2n) is 5.74. The lowest BCUT2D eigenvalue weighted by molar-refractivity contribution is 0.102. The van der Waals surface area contributed by atoms with Crippen LogP contribution in [0.5, 0.6) is 0 Å². The van der Waals surface area contributed by atoms with Crippen LogP contribution in [-0.4, -0.2) is 36.0 Å². The number of carbonyl (C=O) groups is 1. The predicted octanol–water partition coefficient (Wildman–Crippen LogP) is 2.61. The molecule has 124 valence electrons. The van der Waals surface area contributed by atoms with Gasteiger partial charge in [-0.05, 0) is 38.1 Å². The molecule has 0 aromatic carbocycles. The smallest absolute Gasteiger partial charge is 0.258 e. The number of hydrogen-bond acceptors (Lipinski definition) is 5. The van der Waals surface area contributed by atoms with Gasteiger partial charge in [0, 0.05) is 23.7 Å². The van der Waals surface area contributed by atoms with Crippen LogP contribution in [-0.2, 0) is 0 Å². The molecule has 8 heteroatoms. The molecule has 8 nitrogen and oxygen atoms in total. The van der Waals surface area contributed by atoms with Gasteiger partial charge in [0.25, 0.3) is 5.91 Å². The molecule has 0 aliphatic rings. The number of nitrogens with one attached hydrogen (secondary N) is 3. The molecular weight excluding hydrogens is 318 g/mol. The summed E-state index contributed by atoms with van der Waals surface area (Å²) in [6.45, 7) is 3.77. The number of H-pyrrole nitrogens is 2. The first kappa shape index (κ1) is 15.0. The third-order valence-corrected chi connectivity index (χ3v) is 3.72. The van der Waals surface area contributed by atoms with Crippen LogP contribution in [0.15, 0.2) is 36.7 Å². The number of aryl methyl sites for hydroxylation is 2. The number of anilines is 1. The van der Waals surface area contributed by atoms with Crippen LogP contribution in [0.1, 0.15) is 21.9 Å². The molecule has 4 heterocycles. The standard InChI is InChI=1S/C17H15N7O/c1-9-5-13-14(20-9)6-12(8-19-13)17(25)22-15-7-11(3-4-18-15)16-21-10(2)23-24-16/h3-8,20H,1-2H3,(H,18,22,25)(H,21,23,24). The van der Waals surface area contributed by atoms with Crippen molar-refractivity contribution in [1.29, 1.82) is 0 Å². The Kier molecular flexibility index (Phi) is 3.50. The molecule has 4 aromatic heterocycles. The largest absolute Gasteiger partial charge is 0.357 e. The fraction of sp³-hybridized carbons (Fsp3) is 0.118. The van der Waals surface area contributed by atoms with E-state index in [2.05, 4.69) is 35.5 Å². The second-order valence-corrected chi connectivity index (χ2v) is 5.74. The lowest BCUT2D eigenvalue weighted by Crippen LogP contribution is -2.13. The number of aromatic amines is 2. The first-order valence-corrected chi connectivity index (χ1v) is 7.70. The van der Waals surface area contributed by atoms with E-state index >= 15 is 0 Å². The molecule has 4 rings (SSSR count). The summed E-state index contributed by atoms with van der Waals surface area (Å²) in [4.78, 5) is 28.4. The molecule has 25 heavy (non-hydrogen) atoms. The predicted molar refractivity (Wildman–Crippen MR) is 93.1 cm³/mol. The van der Waals surface area contributed by atoms with Gasteiger partial charge in [-0.3, -0.25) is 14.9 Å². The second kappa shape index (κ2) is 5.82. The summed E-state index contributed by atoms with van der Waals surface area (Å²) in [6, 6.07) is 7.22. The minimum Gasteiger partial charge on any atom is -0.357 e. The maximum atomic E-state index is 12.5. The molecule has 4 aromatic rings. The maximum Gasteiger partial charge on any atom is 0.258 e. The average molecular weight is 333 g/mol. The van der Waals surface area contributed by atoms with Crippen molar-refractivity contribution in [2.24, 2.45) is 0 Å².